The summed E-state index contributed by atoms with van der Waals surface area (Å²) in [5.41, 5.74) is 3.70. The Morgan fingerprint density at radius 1 is 0.915 bits per heavy atom. The van der Waals surface area contributed by atoms with E-state index in [-0.39, 0.29) is 17.8 Å². The molecule has 2 aromatic carbocycles. The van der Waals surface area contributed by atoms with Crippen molar-refractivity contribution < 1.29 is 14.2 Å². The number of benzene rings is 2. The summed E-state index contributed by atoms with van der Waals surface area (Å²) in [7, 11) is 0. The fraction of sp³-hybridized carbons (Fsp3) is 0.382. The molecule has 3 atom stereocenters. The highest BCUT2D eigenvalue weighted by molar-refractivity contribution is 5.54. The van der Waals surface area contributed by atoms with Crippen molar-refractivity contribution in [1.82, 2.24) is 34.1 Å². The molecule has 3 aromatic heterocycles. The average Bonchev–Trinajstić information content (AvgIpc) is 3.89. The maximum absolute atomic E-state index is 12.8. The minimum Gasteiger partial charge on any atom is -0.491 e. The smallest absolute Gasteiger partial charge is 0.350 e. The Labute approximate surface area is 272 Å². The van der Waals surface area contributed by atoms with E-state index in [0.717, 1.165) is 55.4 Å². The van der Waals surface area contributed by atoms with Crippen LogP contribution in [0.1, 0.15) is 32.0 Å². The first-order chi connectivity index (χ1) is 23.0. The fourth-order valence-corrected chi connectivity index (χ4v) is 6.02. The first kappa shape index (κ1) is 30.6. The van der Waals surface area contributed by atoms with Crippen LogP contribution >= 0.6 is 0 Å². The van der Waals surface area contributed by atoms with Gasteiger partial charge in [-0.25, -0.2) is 23.7 Å². The van der Waals surface area contributed by atoms with Gasteiger partial charge in [0, 0.05) is 43.8 Å². The van der Waals surface area contributed by atoms with Gasteiger partial charge in [0.25, 0.3) is 0 Å². The molecule has 244 valence electrons. The normalized spacial score (nSPS) is 20.4. The minimum absolute atomic E-state index is 0.0704. The van der Waals surface area contributed by atoms with Crippen LogP contribution in [0.3, 0.4) is 0 Å². The maximum Gasteiger partial charge on any atom is 0.350 e. The van der Waals surface area contributed by atoms with Crippen LogP contribution in [0.2, 0.25) is 0 Å². The van der Waals surface area contributed by atoms with Crippen molar-refractivity contribution in [2.24, 2.45) is 0 Å². The van der Waals surface area contributed by atoms with Gasteiger partial charge in [-0.05, 0) is 74.0 Å². The van der Waals surface area contributed by atoms with Gasteiger partial charge in [0.05, 0.1) is 18.3 Å². The molecule has 2 aliphatic rings. The number of rotatable bonds is 11. The zero-order valence-corrected chi connectivity index (χ0v) is 26.6. The lowest BCUT2D eigenvalue weighted by Gasteiger charge is -2.37. The van der Waals surface area contributed by atoms with Gasteiger partial charge >= 0.3 is 5.69 Å². The van der Waals surface area contributed by atoms with Gasteiger partial charge in [0.15, 0.2) is 0 Å². The first-order valence-electron chi connectivity index (χ1n) is 16.1. The molecule has 2 aliphatic heterocycles. The van der Waals surface area contributed by atoms with E-state index in [1.165, 1.54) is 6.33 Å². The second-order valence-electron chi connectivity index (χ2n) is 11.9. The van der Waals surface area contributed by atoms with E-state index >= 15 is 0 Å². The molecule has 0 bridgehead atoms. The zero-order valence-electron chi connectivity index (χ0n) is 26.6. The summed E-state index contributed by atoms with van der Waals surface area (Å²) in [5, 5.41) is 8.52. The molecule has 3 unspecified atom stereocenters. The van der Waals surface area contributed by atoms with Crippen LogP contribution < -0.4 is 20.2 Å². The van der Waals surface area contributed by atoms with Crippen molar-refractivity contribution in [3.05, 3.63) is 108 Å². The summed E-state index contributed by atoms with van der Waals surface area (Å²) in [5.74, 6) is -0.287. The molecule has 47 heavy (non-hydrogen) atoms. The van der Waals surface area contributed by atoms with Crippen LogP contribution in [0.25, 0.3) is 5.69 Å². The Morgan fingerprint density at radius 3 is 2.26 bits per heavy atom. The van der Waals surface area contributed by atoms with Crippen molar-refractivity contribution in [2.45, 2.75) is 44.7 Å². The molecule has 5 aromatic rings. The lowest BCUT2D eigenvalue weighted by molar-refractivity contribution is -0.193. The van der Waals surface area contributed by atoms with E-state index in [0.29, 0.717) is 25.5 Å². The van der Waals surface area contributed by atoms with Gasteiger partial charge in [-0.3, -0.25) is 4.98 Å². The highest BCUT2D eigenvalue weighted by Gasteiger charge is 2.45. The Kier molecular flexibility index (Phi) is 8.72. The number of hydrogen-bond donors (Lipinski definition) is 0. The topological polar surface area (TPSA) is 118 Å². The van der Waals surface area contributed by atoms with Gasteiger partial charge in [-0.15, -0.1) is 0 Å². The predicted octanol–water partition coefficient (Wildman–Crippen LogP) is 3.67. The summed E-state index contributed by atoms with van der Waals surface area (Å²) < 4.78 is 23.6. The van der Waals surface area contributed by atoms with E-state index in [1.54, 1.807) is 32.8 Å². The highest BCUT2D eigenvalue weighted by Crippen LogP contribution is 2.35. The van der Waals surface area contributed by atoms with Crippen LogP contribution in [0.5, 0.6) is 5.75 Å². The molecule has 7 rings (SSSR count). The molecule has 13 heteroatoms. The standard InChI is InChI=1S/C34H39N9O4/c1-3-26(2)43-33(44)42(25-38-43)29-9-7-27(8-10-29)39-16-18-40(19-17-39)28-11-13-30(14-12-28)45-20-31-21-46-34(47-31,22-41-24-35-23-37-41)32-6-4-5-15-36-32/h4-15,23-26,31H,3,16-22H2,1-2H3. The van der Waals surface area contributed by atoms with E-state index in [2.05, 4.69) is 61.2 Å². The highest BCUT2D eigenvalue weighted by atomic mass is 16.8. The number of pyridine rings is 1. The van der Waals surface area contributed by atoms with Crippen LogP contribution in [0.4, 0.5) is 11.4 Å². The average molecular weight is 638 g/mol. The van der Waals surface area contributed by atoms with Crippen LogP contribution in [-0.2, 0) is 21.8 Å². The minimum atomic E-state index is -1.06. The summed E-state index contributed by atoms with van der Waals surface area (Å²) >= 11 is 0. The summed E-state index contributed by atoms with van der Waals surface area (Å²) in [6.45, 7) is 8.70. The SMILES string of the molecule is CCC(C)n1ncn(-c2ccc(N3CCN(c4ccc(OCC5COC(Cn6cncn6)(c6ccccn6)O5)cc4)CC3)cc2)c1=O. The number of anilines is 2. The predicted molar refractivity (Wildman–Crippen MR) is 176 cm³/mol. The molecular weight excluding hydrogens is 598 g/mol. The largest absolute Gasteiger partial charge is 0.491 e. The summed E-state index contributed by atoms with van der Waals surface area (Å²) in [6.07, 6.45) is 7.03. The van der Waals surface area contributed by atoms with E-state index < -0.39 is 5.79 Å². The lowest BCUT2D eigenvalue weighted by atomic mass is 10.1. The Morgan fingerprint density at radius 2 is 1.62 bits per heavy atom. The fourth-order valence-electron chi connectivity index (χ4n) is 6.02. The molecule has 13 nitrogen and oxygen atoms in total. The van der Waals surface area contributed by atoms with Gasteiger partial charge < -0.3 is 24.0 Å². The Bertz CT molecular complexity index is 1780. The number of nitrogens with zero attached hydrogens (tertiary/aromatic N) is 9. The molecule has 5 heterocycles. The quantitative estimate of drug-likeness (QED) is 0.212. The van der Waals surface area contributed by atoms with Crippen molar-refractivity contribution in [3.8, 4) is 11.4 Å². The van der Waals surface area contributed by atoms with Crippen molar-refractivity contribution in [2.75, 3.05) is 49.2 Å². The van der Waals surface area contributed by atoms with Gasteiger partial charge in [-0.1, -0.05) is 13.0 Å². The van der Waals surface area contributed by atoms with E-state index in [4.69, 9.17) is 14.2 Å². The van der Waals surface area contributed by atoms with Gasteiger partial charge in [0.1, 0.15) is 49.7 Å². The monoisotopic (exact) mass is 637 g/mol. The Balaban J connectivity index is 0.913. The second kappa shape index (κ2) is 13.4. The summed E-state index contributed by atoms with van der Waals surface area (Å²) in [6, 6.07) is 22.1. The van der Waals surface area contributed by atoms with Crippen molar-refractivity contribution in [3.63, 3.8) is 0 Å². The van der Waals surface area contributed by atoms with Crippen molar-refractivity contribution in [1.29, 1.82) is 0 Å². The third-order valence-electron chi connectivity index (χ3n) is 8.86. The van der Waals surface area contributed by atoms with E-state index in [9.17, 15) is 4.79 Å². The molecular formula is C34H39N9O4. The van der Waals surface area contributed by atoms with Gasteiger partial charge in [0.2, 0.25) is 5.79 Å². The molecule has 0 amide bonds. The molecule has 0 spiro atoms. The second-order valence-corrected chi connectivity index (χ2v) is 11.9. The van der Waals surface area contributed by atoms with Crippen LogP contribution in [0.15, 0.2) is 96.7 Å². The molecule has 0 saturated carbocycles. The van der Waals surface area contributed by atoms with Crippen molar-refractivity contribution >= 4 is 11.4 Å². The van der Waals surface area contributed by atoms with E-state index in [1.807, 2.05) is 49.4 Å². The lowest BCUT2D eigenvalue weighted by Crippen LogP contribution is -2.46. The Hall–Kier alpha value is -5.01. The molecule has 0 aliphatic carbocycles. The first-order valence-corrected chi connectivity index (χ1v) is 16.1. The molecule has 2 saturated heterocycles. The zero-order chi connectivity index (χ0) is 32.2. The summed E-state index contributed by atoms with van der Waals surface area (Å²) in [4.78, 5) is 26.1. The van der Waals surface area contributed by atoms with Crippen LogP contribution in [0, 0.1) is 0 Å². The maximum atomic E-state index is 12.8. The molecule has 0 radical (unpaired) electrons. The number of hydrogen-bond acceptors (Lipinski definition) is 10. The van der Waals surface area contributed by atoms with Gasteiger partial charge in [-0.2, -0.15) is 10.2 Å². The molecule has 2 fully saturated rings. The third kappa shape index (κ3) is 6.49. The molecule has 0 N–H and O–H groups in total. The number of piperazine rings is 1. The number of aromatic nitrogens is 7. The van der Waals surface area contributed by atoms with Crippen LogP contribution in [-0.4, -0.2) is 79.6 Å². The third-order valence-corrected chi connectivity index (χ3v) is 8.86. The number of ether oxygens (including phenoxy) is 3.